The summed E-state index contributed by atoms with van der Waals surface area (Å²) >= 11 is 6.09. The summed E-state index contributed by atoms with van der Waals surface area (Å²) < 4.78 is 25.8. The molecule has 4 rings (SSSR count). The second-order valence-corrected chi connectivity index (χ2v) is 9.70. The van der Waals surface area contributed by atoms with E-state index in [0.717, 1.165) is 12.0 Å². The lowest BCUT2D eigenvalue weighted by molar-refractivity contribution is -0.173. The minimum atomic E-state index is -1.21. The van der Waals surface area contributed by atoms with Gasteiger partial charge in [0.1, 0.15) is 11.8 Å². The molecule has 0 radical (unpaired) electrons. The zero-order valence-electron chi connectivity index (χ0n) is 19.5. The van der Waals surface area contributed by atoms with Crippen LogP contribution >= 0.6 is 11.6 Å². The second kappa shape index (κ2) is 9.93. The Bertz CT molecular complexity index is 1300. The van der Waals surface area contributed by atoms with Crippen molar-refractivity contribution in [2.45, 2.75) is 32.8 Å². The first-order valence-corrected chi connectivity index (χ1v) is 11.7. The van der Waals surface area contributed by atoms with E-state index in [1.165, 1.54) is 18.2 Å². The summed E-state index contributed by atoms with van der Waals surface area (Å²) in [5.74, 6) is -0.671. The molecule has 2 atom stereocenters. The number of ether oxygens (including phenoxy) is 2. The third kappa shape index (κ3) is 5.08. The van der Waals surface area contributed by atoms with Gasteiger partial charge in [-0.2, -0.15) is 5.26 Å². The van der Waals surface area contributed by atoms with Gasteiger partial charge < -0.3 is 9.47 Å². The average Bonchev–Trinajstić information content (AvgIpc) is 2.84. The third-order valence-corrected chi connectivity index (χ3v) is 6.93. The first-order chi connectivity index (χ1) is 16.7. The summed E-state index contributed by atoms with van der Waals surface area (Å²) in [6.45, 7) is 4.01. The topological polar surface area (TPSA) is 59.3 Å². The molecule has 35 heavy (non-hydrogen) atoms. The van der Waals surface area contributed by atoms with Crippen LogP contribution in [0.1, 0.15) is 43.9 Å². The Balaban J connectivity index is 1.58. The number of rotatable bonds is 7. The Labute approximate surface area is 209 Å². The fourth-order valence-electron chi connectivity index (χ4n) is 4.26. The highest BCUT2D eigenvalue weighted by atomic mass is 35.5. The van der Waals surface area contributed by atoms with Gasteiger partial charge in [-0.25, -0.2) is 4.39 Å². The van der Waals surface area contributed by atoms with Crippen LogP contribution in [0, 0.1) is 28.0 Å². The lowest BCUT2D eigenvalue weighted by Crippen LogP contribution is -2.52. The predicted octanol–water partition coefficient (Wildman–Crippen LogP) is 7.90. The lowest BCUT2D eigenvalue weighted by atomic mass is 9.51. The molecule has 3 aromatic rings. The molecular weight excluding hydrogens is 465 g/mol. The van der Waals surface area contributed by atoms with Crippen LogP contribution in [0.2, 0.25) is 5.02 Å². The van der Waals surface area contributed by atoms with Crippen LogP contribution in [-0.2, 0) is 9.53 Å². The number of carbonyl (C=O) groups is 1. The summed E-state index contributed by atoms with van der Waals surface area (Å²) in [4.78, 5) is 13.5. The highest BCUT2D eigenvalue weighted by molar-refractivity contribution is 6.30. The first kappa shape index (κ1) is 24.5. The smallest absolute Gasteiger partial charge is 0.318 e. The Kier molecular flexibility index (Phi) is 6.95. The van der Waals surface area contributed by atoms with E-state index >= 15 is 0 Å². The van der Waals surface area contributed by atoms with Gasteiger partial charge in [-0.1, -0.05) is 74.0 Å². The fourth-order valence-corrected chi connectivity index (χ4v) is 4.46. The van der Waals surface area contributed by atoms with E-state index in [1.54, 1.807) is 30.3 Å². The number of nitriles is 1. The van der Waals surface area contributed by atoms with Crippen molar-refractivity contribution in [3.05, 3.63) is 101 Å². The van der Waals surface area contributed by atoms with E-state index in [2.05, 4.69) is 0 Å². The molecule has 0 aromatic heterocycles. The summed E-state index contributed by atoms with van der Waals surface area (Å²) in [6.07, 6.45) is 3.94. The average molecular weight is 490 g/mol. The van der Waals surface area contributed by atoms with Gasteiger partial charge >= 0.3 is 5.97 Å². The monoisotopic (exact) mass is 489 g/mol. The van der Waals surface area contributed by atoms with Crippen LogP contribution in [0.25, 0.3) is 6.08 Å². The van der Waals surface area contributed by atoms with Crippen molar-refractivity contribution in [1.82, 2.24) is 0 Å². The standard InChI is InChI=1S/C29H25ClFNO3/c1-28(2)15-16-29(28,14-13-20-7-6-8-22(30)17-20)27(33)35-26(19-32)21-11-12-24(31)25(18-21)34-23-9-4-3-5-10-23/h3-14,17-18,26H,15-16H2,1-2H3. The van der Waals surface area contributed by atoms with Crippen LogP contribution in [0.4, 0.5) is 4.39 Å². The van der Waals surface area contributed by atoms with E-state index in [0.29, 0.717) is 22.8 Å². The number of esters is 1. The maximum Gasteiger partial charge on any atom is 0.318 e. The van der Waals surface area contributed by atoms with Gasteiger partial charge in [0.2, 0.25) is 6.10 Å². The van der Waals surface area contributed by atoms with E-state index < -0.39 is 23.3 Å². The van der Waals surface area contributed by atoms with Crippen molar-refractivity contribution in [2.75, 3.05) is 0 Å². The Morgan fingerprint density at radius 2 is 1.86 bits per heavy atom. The largest absolute Gasteiger partial charge is 0.454 e. The summed E-state index contributed by atoms with van der Waals surface area (Å²) in [7, 11) is 0. The first-order valence-electron chi connectivity index (χ1n) is 11.3. The van der Waals surface area contributed by atoms with Crippen LogP contribution in [0.3, 0.4) is 0 Å². The van der Waals surface area contributed by atoms with E-state index in [4.69, 9.17) is 21.1 Å². The molecule has 178 valence electrons. The van der Waals surface area contributed by atoms with Gasteiger partial charge in [0.15, 0.2) is 11.6 Å². The Hall–Kier alpha value is -3.62. The summed E-state index contributed by atoms with van der Waals surface area (Å²) in [6, 6.07) is 22.1. The molecule has 0 saturated heterocycles. The second-order valence-electron chi connectivity index (χ2n) is 9.26. The molecule has 1 saturated carbocycles. The number of hydrogen-bond donors (Lipinski definition) is 0. The van der Waals surface area contributed by atoms with Gasteiger partial charge in [-0.15, -0.1) is 0 Å². The lowest BCUT2D eigenvalue weighted by Gasteiger charge is -2.52. The normalized spacial score (nSPS) is 19.4. The van der Waals surface area contributed by atoms with Crippen molar-refractivity contribution in [3.63, 3.8) is 0 Å². The highest BCUT2D eigenvalue weighted by Gasteiger charge is 2.58. The van der Waals surface area contributed by atoms with Crippen molar-refractivity contribution < 1.29 is 18.7 Å². The number of hydrogen-bond acceptors (Lipinski definition) is 4. The summed E-state index contributed by atoms with van der Waals surface area (Å²) in [5.41, 5.74) is -0.0538. The van der Waals surface area contributed by atoms with Gasteiger partial charge in [-0.3, -0.25) is 4.79 Å². The number of benzene rings is 3. The van der Waals surface area contributed by atoms with Crippen LogP contribution in [-0.4, -0.2) is 5.97 Å². The van der Waals surface area contributed by atoms with Gasteiger partial charge in [0.05, 0.1) is 5.41 Å². The van der Waals surface area contributed by atoms with Crippen molar-refractivity contribution >= 4 is 23.6 Å². The molecule has 3 aromatic carbocycles. The third-order valence-electron chi connectivity index (χ3n) is 6.70. The molecule has 4 nitrogen and oxygen atoms in total. The molecular formula is C29H25ClFNO3. The molecule has 6 heteroatoms. The zero-order valence-corrected chi connectivity index (χ0v) is 20.3. The van der Waals surface area contributed by atoms with Gasteiger partial charge in [-0.05, 0) is 60.2 Å². The molecule has 1 aliphatic rings. The summed E-state index contributed by atoms with van der Waals surface area (Å²) in [5, 5.41) is 10.4. The molecule has 1 aliphatic carbocycles. The quantitative estimate of drug-likeness (QED) is 0.316. The zero-order chi connectivity index (χ0) is 25.1. The highest BCUT2D eigenvalue weighted by Crippen LogP contribution is 2.58. The van der Waals surface area contributed by atoms with Crippen LogP contribution in [0.15, 0.2) is 78.9 Å². The molecule has 0 bridgehead atoms. The molecule has 0 N–H and O–H groups in total. The minimum Gasteiger partial charge on any atom is -0.454 e. The van der Waals surface area contributed by atoms with Crippen LogP contribution in [0.5, 0.6) is 11.5 Å². The Morgan fingerprint density at radius 3 is 2.49 bits per heavy atom. The predicted molar refractivity (Wildman–Crippen MR) is 133 cm³/mol. The fraction of sp³-hybridized carbons (Fsp3) is 0.241. The SMILES string of the molecule is CC1(C)CCC1(C=Cc1cccc(Cl)c1)C(=O)OC(C#N)c1ccc(F)c(Oc2ccccc2)c1. The minimum absolute atomic E-state index is 0.0514. The van der Waals surface area contributed by atoms with Crippen molar-refractivity contribution in [2.24, 2.45) is 10.8 Å². The molecule has 0 amide bonds. The molecule has 2 unspecified atom stereocenters. The van der Waals surface area contributed by atoms with Crippen LogP contribution < -0.4 is 4.74 Å². The maximum absolute atomic E-state index is 14.4. The van der Waals surface area contributed by atoms with Crippen molar-refractivity contribution in [1.29, 1.82) is 5.26 Å². The van der Waals surface area contributed by atoms with Gasteiger partial charge in [0.25, 0.3) is 0 Å². The van der Waals surface area contributed by atoms with Crippen molar-refractivity contribution in [3.8, 4) is 17.6 Å². The number of carbonyl (C=O) groups excluding carboxylic acids is 1. The Morgan fingerprint density at radius 1 is 1.09 bits per heavy atom. The maximum atomic E-state index is 14.4. The van der Waals surface area contributed by atoms with E-state index in [9.17, 15) is 14.4 Å². The molecule has 0 heterocycles. The number of halogens is 2. The number of para-hydroxylation sites is 1. The van der Waals surface area contributed by atoms with E-state index in [1.807, 2.05) is 56.3 Å². The molecule has 1 fully saturated rings. The van der Waals surface area contributed by atoms with E-state index in [-0.39, 0.29) is 11.2 Å². The number of nitrogens with zero attached hydrogens (tertiary/aromatic N) is 1. The van der Waals surface area contributed by atoms with Gasteiger partial charge in [0, 0.05) is 10.6 Å². The molecule has 0 aliphatic heterocycles. The molecule has 0 spiro atoms.